The summed E-state index contributed by atoms with van der Waals surface area (Å²) in [6.45, 7) is 6.93. The number of aryl methyl sites for hydroxylation is 1. The number of anilines is 2. The van der Waals surface area contributed by atoms with E-state index in [2.05, 4.69) is 14.8 Å². The molecule has 1 aromatic heterocycles. The third kappa shape index (κ3) is 4.97. The Bertz CT molecular complexity index is 983. The molecule has 2 fully saturated rings. The second-order valence-corrected chi connectivity index (χ2v) is 9.23. The number of nitrogens with zero attached hydrogens (tertiary/aromatic N) is 5. The van der Waals surface area contributed by atoms with Gasteiger partial charge in [-0.3, -0.25) is 0 Å². The fourth-order valence-electron chi connectivity index (χ4n) is 3.59. The van der Waals surface area contributed by atoms with Gasteiger partial charge in [0.1, 0.15) is 5.82 Å². The number of hydrogen-bond acceptors (Lipinski definition) is 7. The van der Waals surface area contributed by atoms with Crippen LogP contribution in [0.2, 0.25) is 0 Å². The van der Waals surface area contributed by atoms with Crippen LogP contribution < -0.4 is 9.80 Å². The summed E-state index contributed by atoms with van der Waals surface area (Å²) >= 11 is 0. The summed E-state index contributed by atoms with van der Waals surface area (Å²) in [5.41, 5.74) is 1.77. The van der Waals surface area contributed by atoms with E-state index >= 15 is 0 Å². The highest BCUT2D eigenvalue weighted by molar-refractivity contribution is 7.92. The van der Waals surface area contributed by atoms with E-state index in [1.165, 1.54) is 9.71 Å². The van der Waals surface area contributed by atoms with E-state index < -0.39 is 10.0 Å². The van der Waals surface area contributed by atoms with Crippen molar-refractivity contribution in [2.75, 3.05) is 62.3 Å². The van der Waals surface area contributed by atoms with Gasteiger partial charge in [-0.1, -0.05) is 30.3 Å². The van der Waals surface area contributed by atoms with E-state index in [1.54, 1.807) is 6.08 Å². The molecule has 2 aromatic rings. The van der Waals surface area contributed by atoms with Gasteiger partial charge in [-0.15, -0.1) is 0 Å². The maximum Gasteiger partial charge on any atom is 0.236 e. The van der Waals surface area contributed by atoms with Crippen molar-refractivity contribution in [2.45, 2.75) is 6.92 Å². The normalized spacial score (nSPS) is 18.8. The van der Waals surface area contributed by atoms with Crippen molar-refractivity contribution in [1.29, 1.82) is 0 Å². The summed E-state index contributed by atoms with van der Waals surface area (Å²) < 4.78 is 32.3. The molecule has 2 saturated heterocycles. The van der Waals surface area contributed by atoms with Crippen LogP contribution in [0, 0.1) is 6.92 Å². The molecule has 0 spiro atoms. The van der Waals surface area contributed by atoms with Crippen molar-refractivity contribution in [2.24, 2.45) is 0 Å². The molecular formula is C21H27N5O3S. The standard InChI is InChI=1S/C21H27N5O3S/c1-18-17-20(24-12-14-29-15-13-24)23-21(22-18)25-8-10-26(11-9-25)30(27,28)16-7-19-5-3-2-4-6-19/h2-7,16-17H,8-15H2,1H3/b16-7+. The second kappa shape index (κ2) is 9.11. The average Bonchev–Trinajstić information content (AvgIpc) is 2.79. The van der Waals surface area contributed by atoms with E-state index in [0.29, 0.717) is 45.3 Å². The van der Waals surface area contributed by atoms with Crippen LogP contribution in [0.1, 0.15) is 11.3 Å². The van der Waals surface area contributed by atoms with Crippen LogP contribution in [0.4, 0.5) is 11.8 Å². The number of benzene rings is 1. The number of aromatic nitrogens is 2. The van der Waals surface area contributed by atoms with Crippen molar-refractivity contribution in [3.8, 4) is 0 Å². The summed E-state index contributed by atoms with van der Waals surface area (Å²) in [5.74, 6) is 1.56. The van der Waals surface area contributed by atoms with Crippen LogP contribution in [-0.4, -0.2) is 75.2 Å². The topological polar surface area (TPSA) is 78.9 Å². The molecule has 1 aromatic carbocycles. The Labute approximate surface area is 177 Å². The second-order valence-electron chi connectivity index (χ2n) is 7.41. The van der Waals surface area contributed by atoms with Gasteiger partial charge in [0.25, 0.3) is 0 Å². The Balaban J connectivity index is 1.42. The first-order valence-corrected chi connectivity index (χ1v) is 11.7. The van der Waals surface area contributed by atoms with E-state index in [1.807, 2.05) is 43.3 Å². The minimum absolute atomic E-state index is 0.408. The highest BCUT2D eigenvalue weighted by Gasteiger charge is 2.27. The van der Waals surface area contributed by atoms with Crippen LogP contribution >= 0.6 is 0 Å². The first-order chi connectivity index (χ1) is 14.5. The number of rotatable bonds is 5. The summed E-state index contributed by atoms with van der Waals surface area (Å²) in [4.78, 5) is 13.6. The van der Waals surface area contributed by atoms with Gasteiger partial charge in [-0.2, -0.15) is 9.29 Å². The van der Waals surface area contributed by atoms with Gasteiger partial charge in [0.05, 0.1) is 13.2 Å². The third-order valence-electron chi connectivity index (χ3n) is 5.28. The molecular weight excluding hydrogens is 402 g/mol. The summed E-state index contributed by atoms with van der Waals surface area (Å²) in [6.07, 6.45) is 1.64. The lowest BCUT2D eigenvalue weighted by molar-refractivity contribution is 0.122. The number of morpholine rings is 1. The Morgan fingerprint density at radius 3 is 2.33 bits per heavy atom. The zero-order chi connectivity index (χ0) is 21.0. The first-order valence-electron chi connectivity index (χ1n) is 10.2. The van der Waals surface area contributed by atoms with E-state index in [0.717, 1.165) is 30.2 Å². The fourth-order valence-corrected chi connectivity index (χ4v) is 4.76. The van der Waals surface area contributed by atoms with Crippen LogP contribution in [0.5, 0.6) is 0 Å². The molecule has 0 radical (unpaired) electrons. The van der Waals surface area contributed by atoms with Gasteiger partial charge < -0.3 is 14.5 Å². The number of hydrogen-bond donors (Lipinski definition) is 0. The fraction of sp³-hybridized carbons (Fsp3) is 0.429. The Morgan fingerprint density at radius 2 is 1.63 bits per heavy atom. The molecule has 8 nitrogen and oxygen atoms in total. The van der Waals surface area contributed by atoms with Crippen molar-refractivity contribution in [3.05, 3.63) is 53.1 Å². The molecule has 0 atom stereocenters. The van der Waals surface area contributed by atoms with Crippen molar-refractivity contribution in [1.82, 2.24) is 14.3 Å². The molecule has 2 aliphatic rings. The monoisotopic (exact) mass is 429 g/mol. The van der Waals surface area contributed by atoms with Gasteiger partial charge in [-0.25, -0.2) is 13.4 Å². The molecule has 30 heavy (non-hydrogen) atoms. The van der Waals surface area contributed by atoms with Crippen molar-refractivity contribution in [3.63, 3.8) is 0 Å². The minimum atomic E-state index is -3.46. The maximum atomic E-state index is 12.7. The largest absolute Gasteiger partial charge is 0.378 e. The summed E-state index contributed by atoms with van der Waals surface area (Å²) in [5, 5.41) is 1.29. The molecule has 4 rings (SSSR count). The van der Waals surface area contributed by atoms with Crippen molar-refractivity contribution >= 4 is 27.9 Å². The molecule has 2 aliphatic heterocycles. The molecule has 3 heterocycles. The Hall–Kier alpha value is -2.49. The van der Waals surface area contributed by atoms with Gasteiger partial charge in [0.2, 0.25) is 16.0 Å². The predicted octanol–water partition coefficient (Wildman–Crippen LogP) is 1.74. The smallest absolute Gasteiger partial charge is 0.236 e. The van der Waals surface area contributed by atoms with E-state index in [-0.39, 0.29) is 0 Å². The molecule has 0 saturated carbocycles. The molecule has 160 valence electrons. The van der Waals surface area contributed by atoms with Gasteiger partial charge in [-0.05, 0) is 18.6 Å². The quantitative estimate of drug-likeness (QED) is 0.716. The SMILES string of the molecule is Cc1cc(N2CCOCC2)nc(N2CCN(S(=O)(=O)/C=C/c3ccccc3)CC2)n1. The van der Waals surface area contributed by atoms with Crippen LogP contribution in [0.3, 0.4) is 0 Å². The third-order valence-corrected chi connectivity index (χ3v) is 6.84. The average molecular weight is 430 g/mol. The molecule has 0 bridgehead atoms. The highest BCUT2D eigenvalue weighted by atomic mass is 32.2. The molecule has 0 aliphatic carbocycles. The molecule has 0 unspecified atom stereocenters. The number of sulfonamides is 1. The minimum Gasteiger partial charge on any atom is -0.378 e. The maximum absolute atomic E-state index is 12.7. The number of piperazine rings is 1. The van der Waals surface area contributed by atoms with E-state index in [4.69, 9.17) is 9.72 Å². The number of ether oxygens (including phenoxy) is 1. The zero-order valence-electron chi connectivity index (χ0n) is 17.1. The highest BCUT2D eigenvalue weighted by Crippen LogP contribution is 2.20. The lowest BCUT2D eigenvalue weighted by atomic mass is 10.2. The van der Waals surface area contributed by atoms with Crippen LogP contribution in [0.15, 0.2) is 41.8 Å². The van der Waals surface area contributed by atoms with Crippen LogP contribution in [0.25, 0.3) is 6.08 Å². The zero-order valence-corrected chi connectivity index (χ0v) is 18.0. The lowest BCUT2D eigenvalue weighted by Gasteiger charge is -2.34. The van der Waals surface area contributed by atoms with Gasteiger partial charge in [0, 0.05) is 56.4 Å². The molecule has 0 amide bonds. The lowest BCUT2D eigenvalue weighted by Crippen LogP contribution is -2.48. The van der Waals surface area contributed by atoms with Gasteiger partial charge in [0.15, 0.2) is 0 Å². The Kier molecular flexibility index (Phi) is 6.31. The summed E-state index contributed by atoms with van der Waals surface area (Å²) in [6, 6.07) is 11.4. The molecule has 0 N–H and O–H groups in total. The van der Waals surface area contributed by atoms with Crippen molar-refractivity contribution < 1.29 is 13.2 Å². The summed E-state index contributed by atoms with van der Waals surface area (Å²) in [7, 11) is -3.46. The van der Waals surface area contributed by atoms with Crippen LogP contribution in [-0.2, 0) is 14.8 Å². The first kappa shape index (κ1) is 20.8. The molecule has 9 heteroatoms. The Morgan fingerprint density at radius 1 is 0.933 bits per heavy atom. The van der Waals surface area contributed by atoms with E-state index in [9.17, 15) is 8.42 Å². The predicted molar refractivity (Wildman–Crippen MR) is 118 cm³/mol. The van der Waals surface area contributed by atoms with Gasteiger partial charge >= 0.3 is 0 Å².